The maximum atomic E-state index is 13.2. The van der Waals surface area contributed by atoms with E-state index >= 15 is 0 Å². The number of hydrogen-bond donors (Lipinski definition) is 3. The van der Waals surface area contributed by atoms with E-state index in [1.54, 1.807) is 0 Å². The van der Waals surface area contributed by atoms with Crippen LogP contribution in [0.5, 0.6) is 0 Å². The van der Waals surface area contributed by atoms with Gasteiger partial charge in [-0.1, -0.05) is 0 Å². The molecule has 0 radical (unpaired) electrons. The summed E-state index contributed by atoms with van der Waals surface area (Å²) in [5, 5.41) is 11.5. The number of rotatable bonds is 1. The third-order valence-electron chi connectivity index (χ3n) is 5.24. The molecule has 2 heterocycles. The maximum Gasteiger partial charge on any atom is 0.417 e. The molecule has 0 amide bonds. The van der Waals surface area contributed by atoms with Gasteiger partial charge in [0, 0.05) is 34.6 Å². The van der Waals surface area contributed by atoms with Crippen molar-refractivity contribution in [3.05, 3.63) is 41.5 Å². The monoisotopic (exact) mass is 496 g/mol. The molecule has 1 fully saturated rings. The van der Waals surface area contributed by atoms with E-state index in [9.17, 15) is 34.8 Å². The Bertz CT molecular complexity index is 1240. The standard InChI is InChI=1S/C15H9F6NO2S.C6H13NO/c1-25(23,24)13-9(15(19,20)21)3-5-11-12(13)8-6-7(14(16,17)18)2-4-10(8)22-11;8-6-3-1-2-4-7-5-6/h2-6,22H,1H3;6-8H,1-5H2. The predicted molar refractivity (Wildman–Crippen MR) is 112 cm³/mol. The van der Waals surface area contributed by atoms with Crippen molar-refractivity contribution in [2.45, 2.75) is 42.6 Å². The number of H-pyrrole nitrogens is 1. The summed E-state index contributed by atoms with van der Waals surface area (Å²) in [6.45, 7) is 1.87. The summed E-state index contributed by atoms with van der Waals surface area (Å²) in [6.07, 6.45) is -5.82. The van der Waals surface area contributed by atoms with Crippen LogP contribution in [-0.4, -0.2) is 44.0 Å². The number of alkyl halides is 6. The zero-order valence-electron chi connectivity index (χ0n) is 17.4. The van der Waals surface area contributed by atoms with Crippen LogP contribution in [0.4, 0.5) is 26.3 Å². The van der Waals surface area contributed by atoms with Gasteiger partial charge in [0.25, 0.3) is 0 Å². The van der Waals surface area contributed by atoms with Gasteiger partial charge < -0.3 is 15.4 Å². The molecular formula is C21H22F6N2O3S. The lowest BCUT2D eigenvalue weighted by Gasteiger charge is -2.13. The first-order chi connectivity index (χ1) is 15.2. The highest BCUT2D eigenvalue weighted by molar-refractivity contribution is 7.91. The highest BCUT2D eigenvalue weighted by Gasteiger charge is 2.38. The molecule has 1 saturated heterocycles. The number of fused-ring (bicyclic) bond motifs is 3. The van der Waals surface area contributed by atoms with E-state index < -0.39 is 43.6 Å². The van der Waals surface area contributed by atoms with Gasteiger partial charge >= 0.3 is 12.4 Å². The zero-order chi connectivity index (χ0) is 24.6. The predicted octanol–water partition coefficient (Wildman–Crippen LogP) is 4.88. The molecule has 33 heavy (non-hydrogen) atoms. The fourth-order valence-electron chi connectivity index (χ4n) is 3.74. The summed E-state index contributed by atoms with van der Waals surface area (Å²) >= 11 is 0. The molecule has 182 valence electrons. The van der Waals surface area contributed by atoms with Crippen LogP contribution in [0, 0.1) is 0 Å². The van der Waals surface area contributed by atoms with E-state index in [0.717, 1.165) is 37.7 Å². The van der Waals surface area contributed by atoms with Crippen molar-refractivity contribution in [3.8, 4) is 0 Å². The Kier molecular flexibility index (Phi) is 7.02. The van der Waals surface area contributed by atoms with E-state index in [4.69, 9.17) is 5.11 Å². The van der Waals surface area contributed by atoms with Gasteiger partial charge in [-0.3, -0.25) is 0 Å². The molecule has 1 unspecified atom stereocenters. The molecule has 1 aromatic heterocycles. The normalized spacial score (nSPS) is 18.1. The first-order valence-electron chi connectivity index (χ1n) is 10.0. The van der Waals surface area contributed by atoms with Crippen molar-refractivity contribution in [3.63, 3.8) is 0 Å². The van der Waals surface area contributed by atoms with Crippen LogP contribution in [0.3, 0.4) is 0 Å². The second kappa shape index (κ2) is 9.15. The van der Waals surface area contributed by atoms with Gasteiger partial charge in [0.05, 0.1) is 22.1 Å². The number of β-amino-alcohol motifs (C(OH)–C–C–N with tert-alkyl or cyclic N) is 1. The number of aromatic amines is 1. The summed E-state index contributed by atoms with van der Waals surface area (Å²) in [4.78, 5) is 1.61. The van der Waals surface area contributed by atoms with Gasteiger partial charge in [-0.2, -0.15) is 26.3 Å². The molecule has 2 aromatic carbocycles. The Morgan fingerprint density at radius 2 is 1.64 bits per heavy atom. The van der Waals surface area contributed by atoms with Crippen LogP contribution in [0.2, 0.25) is 0 Å². The zero-order valence-corrected chi connectivity index (χ0v) is 18.3. The van der Waals surface area contributed by atoms with Gasteiger partial charge in [0.2, 0.25) is 0 Å². The topological polar surface area (TPSA) is 82.2 Å². The molecule has 12 heteroatoms. The second-order valence-electron chi connectivity index (χ2n) is 7.87. The largest absolute Gasteiger partial charge is 0.417 e. The van der Waals surface area contributed by atoms with Crippen molar-refractivity contribution < 1.29 is 39.9 Å². The lowest BCUT2D eigenvalue weighted by atomic mass is 10.1. The number of aromatic nitrogens is 1. The SMILES string of the molecule is CS(=O)(=O)c1c(C(F)(F)F)ccc2[nH]c3ccc(C(F)(F)F)cc3c12.OC1CCCCNC1. The fraction of sp³-hybridized carbons (Fsp3) is 0.429. The van der Waals surface area contributed by atoms with Crippen LogP contribution in [0.1, 0.15) is 30.4 Å². The third-order valence-corrected chi connectivity index (χ3v) is 6.41. The Morgan fingerprint density at radius 1 is 0.970 bits per heavy atom. The first kappa shape index (κ1) is 25.3. The number of sulfone groups is 1. The second-order valence-corrected chi connectivity index (χ2v) is 9.82. The number of aliphatic hydroxyl groups excluding tert-OH is 1. The summed E-state index contributed by atoms with van der Waals surface area (Å²) in [7, 11) is -4.37. The van der Waals surface area contributed by atoms with Crippen LogP contribution in [0.15, 0.2) is 35.2 Å². The summed E-state index contributed by atoms with van der Waals surface area (Å²) < 4.78 is 102. The molecular weight excluding hydrogens is 474 g/mol. The van der Waals surface area contributed by atoms with E-state index in [-0.39, 0.29) is 22.5 Å². The number of halogens is 6. The molecule has 1 aliphatic rings. The minimum absolute atomic E-state index is 0.00255. The minimum atomic E-state index is -4.97. The number of aliphatic hydroxyl groups is 1. The van der Waals surface area contributed by atoms with Crippen molar-refractivity contribution in [1.82, 2.24) is 10.3 Å². The van der Waals surface area contributed by atoms with Crippen LogP contribution >= 0.6 is 0 Å². The Morgan fingerprint density at radius 3 is 2.24 bits per heavy atom. The number of benzene rings is 2. The molecule has 0 aliphatic carbocycles. The molecule has 1 atom stereocenters. The first-order valence-corrected chi connectivity index (χ1v) is 11.9. The number of hydrogen-bond acceptors (Lipinski definition) is 4. The molecule has 0 bridgehead atoms. The van der Waals surface area contributed by atoms with Gasteiger partial charge in [-0.15, -0.1) is 0 Å². The lowest BCUT2D eigenvalue weighted by molar-refractivity contribution is -0.140. The van der Waals surface area contributed by atoms with Gasteiger partial charge in [-0.25, -0.2) is 8.42 Å². The number of nitrogens with one attached hydrogen (secondary N) is 2. The average molecular weight is 496 g/mol. The van der Waals surface area contributed by atoms with Gasteiger partial charge in [0.1, 0.15) is 0 Å². The molecule has 4 rings (SSSR count). The molecule has 1 aliphatic heterocycles. The van der Waals surface area contributed by atoms with E-state index in [2.05, 4.69) is 10.3 Å². The van der Waals surface area contributed by atoms with Crippen LogP contribution in [0.25, 0.3) is 21.8 Å². The highest BCUT2D eigenvalue weighted by atomic mass is 32.2. The average Bonchev–Trinajstić information content (AvgIpc) is 2.88. The van der Waals surface area contributed by atoms with E-state index in [1.165, 1.54) is 12.8 Å². The van der Waals surface area contributed by atoms with Crippen molar-refractivity contribution >= 4 is 31.6 Å². The summed E-state index contributed by atoms with van der Waals surface area (Å²) in [5.41, 5.74) is -2.39. The summed E-state index contributed by atoms with van der Waals surface area (Å²) in [6, 6.07) is 4.06. The van der Waals surface area contributed by atoms with Crippen LogP contribution in [-0.2, 0) is 22.2 Å². The Balaban J connectivity index is 0.000000323. The molecule has 3 aromatic rings. The minimum Gasteiger partial charge on any atom is -0.392 e. The smallest absolute Gasteiger partial charge is 0.392 e. The van der Waals surface area contributed by atoms with Crippen molar-refractivity contribution in [2.24, 2.45) is 0 Å². The third kappa shape index (κ3) is 5.79. The van der Waals surface area contributed by atoms with Crippen molar-refractivity contribution in [1.29, 1.82) is 0 Å². The molecule has 0 saturated carbocycles. The van der Waals surface area contributed by atoms with Crippen molar-refractivity contribution in [2.75, 3.05) is 19.3 Å². The highest BCUT2D eigenvalue weighted by Crippen LogP contribution is 2.42. The molecule has 0 spiro atoms. The fourth-order valence-corrected chi connectivity index (χ4v) is 4.92. The molecule has 3 N–H and O–H groups in total. The van der Waals surface area contributed by atoms with E-state index in [1.807, 2.05) is 0 Å². The van der Waals surface area contributed by atoms with Crippen LogP contribution < -0.4 is 5.32 Å². The molecule has 5 nitrogen and oxygen atoms in total. The Hall–Kier alpha value is -2.31. The lowest BCUT2D eigenvalue weighted by Crippen LogP contribution is -2.23. The Labute approximate surface area is 185 Å². The van der Waals surface area contributed by atoms with Gasteiger partial charge in [0.15, 0.2) is 9.84 Å². The van der Waals surface area contributed by atoms with E-state index in [0.29, 0.717) is 18.4 Å². The maximum absolute atomic E-state index is 13.2. The summed E-state index contributed by atoms with van der Waals surface area (Å²) in [5.74, 6) is 0. The van der Waals surface area contributed by atoms with Gasteiger partial charge in [-0.05, 0) is 56.1 Å². The quantitative estimate of drug-likeness (QED) is 0.420.